The van der Waals surface area contributed by atoms with Crippen LogP contribution in [0.1, 0.15) is 19.4 Å². The number of ether oxygens (including phenoxy) is 1. The molecule has 1 atom stereocenters. The first-order valence-electron chi connectivity index (χ1n) is 10.5. The Hall–Kier alpha value is -3.83. The van der Waals surface area contributed by atoms with Crippen LogP contribution in [0.25, 0.3) is 11.1 Å². The lowest BCUT2D eigenvalue weighted by Gasteiger charge is -2.18. The SMILES string of the molecule is CC(C)[C@@H](NS(=O)(=O)c1ccc(-c2ccc(OCc3c(F)cccc3[N+](=O)[O-])cc2)cc1)C(=O)O. The normalized spacial score (nSPS) is 12.3. The number of carboxylic acid groups (broad SMARTS) is 1. The zero-order valence-electron chi connectivity index (χ0n) is 18.8. The predicted molar refractivity (Wildman–Crippen MR) is 126 cm³/mol. The number of benzene rings is 3. The summed E-state index contributed by atoms with van der Waals surface area (Å²) in [6.45, 7) is 2.89. The van der Waals surface area contributed by atoms with Gasteiger partial charge in [-0.1, -0.05) is 44.2 Å². The largest absolute Gasteiger partial charge is 0.489 e. The van der Waals surface area contributed by atoms with Crippen molar-refractivity contribution < 1.29 is 32.4 Å². The quantitative estimate of drug-likeness (QED) is 0.310. The highest BCUT2D eigenvalue weighted by molar-refractivity contribution is 7.89. The molecule has 3 aromatic rings. The lowest BCUT2D eigenvalue weighted by molar-refractivity contribution is -0.386. The van der Waals surface area contributed by atoms with Crippen molar-refractivity contribution in [2.75, 3.05) is 0 Å². The second-order valence-corrected chi connectivity index (χ2v) is 9.73. The number of carbonyl (C=O) groups is 1. The van der Waals surface area contributed by atoms with E-state index in [0.29, 0.717) is 11.3 Å². The van der Waals surface area contributed by atoms with Crippen LogP contribution in [0.3, 0.4) is 0 Å². The Morgan fingerprint density at radius 2 is 1.63 bits per heavy atom. The molecule has 2 N–H and O–H groups in total. The van der Waals surface area contributed by atoms with Crippen LogP contribution in [-0.4, -0.2) is 30.5 Å². The Bertz CT molecular complexity index is 1320. The Morgan fingerprint density at radius 1 is 1.06 bits per heavy atom. The van der Waals surface area contributed by atoms with Gasteiger partial charge in [-0.25, -0.2) is 12.8 Å². The number of carboxylic acids is 1. The summed E-state index contributed by atoms with van der Waals surface area (Å²) < 4.78 is 46.8. The molecule has 184 valence electrons. The lowest BCUT2D eigenvalue weighted by atomic mass is 10.1. The Kier molecular flexibility index (Phi) is 7.82. The fourth-order valence-electron chi connectivity index (χ4n) is 3.29. The summed E-state index contributed by atoms with van der Waals surface area (Å²) in [6, 6.07) is 14.9. The van der Waals surface area contributed by atoms with Crippen molar-refractivity contribution in [3.05, 3.63) is 88.2 Å². The molecule has 0 bridgehead atoms. The first-order chi connectivity index (χ1) is 16.5. The summed E-state index contributed by atoms with van der Waals surface area (Å²) in [5.41, 5.74) is 0.902. The first-order valence-corrected chi connectivity index (χ1v) is 12.0. The van der Waals surface area contributed by atoms with Crippen LogP contribution < -0.4 is 9.46 Å². The Balaban J connectivity index is 1.72. The van der Waals surface area contributed by atoms with Crippen LogP contribution in [0.5, 0.6) is 5.75 Å². The molecule has 0 fully saturated rings. The molecule has 0 unspecified atom stereocenters. The average molecular weight is 503 g/mol. The number of nitro groups is 1. The van der Waals surface area contributed by atoms with Crippen LogP contribution in [0.2, 0.25) is 0 Å². The Morgan fingerprint density at radius 3 is 2.14 bits per heavy atom. The van der Waals surface area contributed by atoms with Gasteiger partial charge in [0.15, 0.2) is 0 Å². The van der Waals surface area contributed by atoms with Crippen LogP contribution in [0.4, 0.5) is 10.1 Å². The average Bonchev–Trinajstić information content (AvgIpc) is 2.81. The number of hydrogen-bond donors (Lipinski definition) is 2. The van der Waals surface area contributed by atoms with E-state index in [-0.39, 0.29) is 22.8 Å². The maximum atomic E-state index is 14.0. The molecule has 0 spiro atoms. The molecule has 9 nitrogen and oxygen atoms in total. The minimum absolute atomic E-state index is 0.0698. The molecule has 3 aromatic carbocycles. The number of nitrogens with one attached hydrogen (secondary N) is 1. The van der Waals surface area contributed by atoms with Crippen molar-refractivity contribution in [1.29, 1.82) is 0 Å². The number of aliphatic carboxylic acids is 1. The molecule has 11 heteroatoms. The van der Waals surface area contributed by atoms with Crippen LogP contribution in [0.15, 0.2) is 71.6 Å². The third-order valence-electron chi connectivity index (χ3n) is 5.24. The molecule has 35 heavy (non-hydrogen) atoms. The van der Waals surface area contributed by atoms with Crippen molar-refractivity contribution in [1.82, 2.24) is 4.72 Å². The number of halogens is 1. The van der Waals surface area contributed by atoms with Crippen molar-refractivity contribution in [2.45, 2.75) is 31.4 Å². The summed E-state index contributed by atoms with van der Waals surface area (Å²) in [5, 5.41) is 20.3. The van der Waals surface area contributed by atoms with Gasteiger partial charge in [-0.05, 0) is 47.4 Å². The van der Waals surface area contributed by atoms with E-state index in [1.54, 1.807) is 50.2 Å². The van der Waals surface area contributed by atoms with Crippen molar-refractivity contribution in [3.63, 3.8) is 0 Å². The van der Waals surface area contributed by atoms with Gasteiger partial charge in [-0.2, -0.15) is 4.72 Å². The zero-order valence-corrected chi connectivity index (χ0v) is 19.7. The first kappa shape index (κ1) is 25.8. The summed E-state index contributed by atoms with van der Waals surface area (Å²) in [4.78, 5) is 21.7. The van der Waals surface area contributed by atoms with E-state index in [1.165, 1.54) is 24.3 Å². The number of sulfonamides is 1. The number of hydrogen-bond acceptors (Lipinski definition) is 6. The van der Waals surface area contributed by atoms with E-state index in [2.05, 4.69) is 4.72 Å². The smallest absolute Gasteiger partial charge is 0.322 e. The van der Waals surface area contributed by atoms with Gasteiger partial charge >= 0.3 is 5.97 Å². The van der Waals surface area contributed by atoms with Gasteiger partial charge in [-0.15, -0.1) is 0 Å². The molecule has 0 aliphatic rings. The van der Waals surface area contributed by atoms with E-state index in [9.17, 15) is 32.8 Å². The molecule has 0 aliphatic carbocycles. The van der Waals surface area contributed by atoms with Gasteiger partial charge in [0.2, 0.25) is 10.0 Å². The second kappa shape index (κ2) is 10.6. The van der Waals surface area contributed by atoms with Crippen LogP contribution >= 0.6 is 0 Å². The van der Waals surface area contributed by atoms with Crippen molar-refractivity contribution in [2.24, 2.45) is 5.92 Å². The zero-order chi connectivity index (χ0) is 25.8. The van der Waals surface area contributed by atoms with Gasteiger partial charge < -0.3 is 9.84 Å². The monoisotopic (exact) mass is 502 g/mol. The molecular weight excluding hydrogens is 479 g/mol. The van der Waals surface area contributed by atoms with E-state index >= 15 is 0 Å². The molecule has 0 aliphatic heterocycles. The second-order valence-electron chi connectivity index (χ2n) is 8.01. The molecule has 0 radical (unpaired) electrons. The molecule has 0 saturated heterocycles. The van der Waals surface area contributed by atoms with E-state index < -0.39 is 38.7 Å². The summed E-state index contributed by atoms with van der Waals surface area (Å²) in [7, 11) is -4.03. The molecule has 3 rings (SSSR count). The highest BCUT2D eigenvalue weighted by Gasteiger charge is 2.28. The number of nitro benzene ring substituents is 1. The topological polar surface area (TPSA) is 136 Å². The van der Waals surface area contributed by atoms with Crippen LogP contribution in [0, 0.1) is 21.8 Å². The highest BCUT2D eigenvalue weighted by atomic mass is 32.2. The van der Waals surface area contributed by atoms with Gasteiger partial charge in [0, 0.05) is 6.07 Å². The third-order valence-corrected chi connectivity index (χ3v) is 6.70. The molecule has 0 aromatic heterocycles. The third kappa shape index (κ3) is 6.19. The Labute approximate surface area is 201 Å². The number of rotatable bonds is 10. The van der Waals surface area contributed by atoms with Gasteiger partial charge in [0.05, 0.1) is 9.82 Å². The summed E-state index contributed by atoms with van der Waals surface area (Å²) in [5.74, 6) is -2.06. The molecule has 0 heterocycles. The van der Waals surface area contributed by atoms with E-state index in [4.69, 9.17) is 4.74 Å². The predicted octanol–water partition coefficient (Wildman–Crippen LogP) is 4.37. The maximum Gasteiger partial charge on any atom is 0.322 e. The van der Waals surface area contributed by atoms with Crippen molar-refractivity contribution in [3.8, 4) is 16.9 Å². The van der Waals surface area contributed by atoms with Gasteiger partial charge in [-0.3, -0.25) is 14.9 Å². The fourth-order valence-corrected chi connectivity index (χ4v) is 4.63. The molecular formula is C24H23FN2O7S. The molecule has 0 saturated carbocycles. The summed E-state index contributed by atoms with van der Waals surface area (Å²) in [6.07, 6.45) is 0. The van der Waals surface area contributed by atoms with E-state index in [1.807, 2.05) is 0 Å². The lowest BCUT2D eigenvalue weighted by Crippen LogP contribution is -2.44. The van der Waals surface area contributed by atoms with Gasteiger partial charge in [0.25, 0.3) is 5.69 Å². The van der Waals surface area contributed by atoms with Crippen molar-refractivity contribution >= 4 is 21.7 Å². The standard InChI is InChI=1S/C24H23FN2O7S/c1-15(2)23(24(28)29)26-35(32,33)19-12-8-17(9-13-19)16-6-10-18(11-7-16)34-14-20-21(25)4-3-5-22(20)27(30)31/h3-13,15,23,26H,14H2,1-2H3,(H,28,29)/t23-/m1/s1. The van der Waals surface area contributed by atoms with Crippen LogP contribution in [-0.2, 0) is 21.4 Å². The molecule has 0 amide bonds. The minimum atomic E-state index is -4.03. The van der Waals surface area contributed by atoms with Gasteiger partial charge in [0.1, 0.15) is 29.8 Å². The fraction of sp³-hybridized carbons (Fsp3) is 0.208. The highest BCUT2D eigenvalue weighted by Crippen LogP contribution is 2.26. The minimum Gasteiger partial charge on any atom is -0.489 e. The number of nitrogens with zero attached hydrogens (tertiary/aromatic N) is 1. The van der Waals surface area contributed by atoms with E-state index in [0.717, 1.165) is 11.6 Å². The maximum absolute atomic E-state index is 14.0. The summed E-state index contributed by atoms with van der Waals surface area (Å²) >= 11 is 0.